The second-order valence-corrected chi connectivity index (χ2v) is 5.23. The molecule has 0 unspecified atom stereocenters. The highest BCUT2D eigenvalue weighted by Crippen LogP contribution is 2.40. The van der Waals surface area contributed by atoms with E-state index in [0.29, 0.717) is 20.9 Å². The predicted molar refractivity (Wildman–Crippen MR) is 71.1 cm³/mol. The van der Waals surface area contributed by atoms with Crippen LogP contribution in [0.4, 0.5) is 0 Å². The molecule has 17 heavy (non-hydrogen) atoms. The standard InChI is InChI=1S/C11H9Cl2N3S/c12-8-3-1-2-7(9(8)13)10-14-15-11(17)16(10)6-4-5-6/h1-3,6H,4-5H2,(H,15,17). The first-order chi connectivity index (χ1) is 8.18. The lowest BCUT2D eigenvalue weighted by Gasteiger charge is -2.07. The van der Waals surface area contributed by atoms with Gasteiger partial charge in [-0.25, -0.2) is 0 Å². The van der Waals surface area contributed by atoms with E-state index in [1.54, 1.807) is 6.07 Å². The van der Waals surface area contributed by atoms with Crippen molar-refractivity contribution in [3.05, 3.63) is 33.0 Å². The fourth-order valence-corrected chi connectivity index (χ4v) is 2.51. The molecule has 0 spiro atoms. The summed E-state index contributed by atoms with van der Waals surface area (Å²) in [5.74, 6) is 0.769. The topological polar surface area (TPSA) is 33.6 Å². The van der Waals surface area contributed by atoms with Gasteiger partial charge < -0.3 is 0 Å². The largest absolute Gasteiger partial charge is 0.297 e. The molecule has 6 heteroatoms. The second kappa shape index (κ2) is 4.12. The third kappa shape index (κ3) is 1.90. The highest BCUT2D eigenvalue weighted by atomic mass is 35.5. The number of hydrogen-bond acceptors (Lipinski definition) is 2. The molecule has 0 aliphatic heterocycles. The van der Waals surface area contributed by atoms with Crippen LogP contribution >= 0.6 is 35.4 Å². The lowest BCUT2D eigenvalue weighted by Crippen LogP contribution is -1.98. The molecular weight excluding hydrogens is 277 g/mol. The van der Waals surface area contributed by atoms with Crippen LogP contribution in [0.5, 0.6) is 0 Å². The van der Waals surface area contributed by atoms with E-state index in [1.807, 2.05) is 16.7 Å². The van der Waals surface area contributed by atoms with Gasteiger partial charge in [0.15, 0.2) is 10.6 Å². The van der Waals surface area contributed by atoms with Crippen LogP contribution < -0.4 is 0 Å². The summed E-state index contributed by atoms with van der Waals surface area (Å²) in [7, 11) is 0. The highest BCUT2D eigenvalue weighted by Gasteiger charge is 2.28. The van der Waals surface area contributed by atoms with E-state index < -0.39 is 0 Å². The summed E-state index contributed by atoms with van der Waals surface area (Å²) in [5.41, 5.74) is 0.818. The van der Waals surface area contributed by atoms with Crippen molar-refractivity contribution in [2.24, 2.45) is 0 Å². The summed E-state index contributed by atoms with van der Waals surface area (Å²) in [6, 6.07) is 5.97. The zero-order valence-electron chi connectivity index (χ0n) is 8.78. The van der Waals surface area contributed by atoms with E-state index >= 15 is 0 Å². The molecule has 0 amide bonds. The molecule has 3 rings (SSSR count). The average molecular weight is 286 g/mol. The molecule has 1 aliphatic rings. The Labute approximate surface area is 113 Å². The molecule has 1 aromatic heterocycles. The number of H-pyrrole nitrogens is 1. The summed E-state index contributed by atoms with van der Waals surface area (Å²) in [6.07, 6.45) is 2.28. The molecule has 1 aromatic carbocycles. The van der Waals surface area contributed by atoms with Crippen LogP contribution in [-0.4, -0.2) is 14.8 Å². The molecule has 0 saturated heterocycles. The van der Waals surface area contributed by atoms with Crippen molar-refractivity contribution >= 4 is 35.4 Å². The molecule has 1 N–H and O–H groups in total. The maximum Gasteiger partial charge on any atom is 0.195 e. The summed E-state index contributed by atoms with van der Waals surface area (Å²) in [6.45, 7) is 0. The van der Waals surface area contributed by atoms with Crippen LogP contribution in [0.25, 0.3) is 11.4 Å². The van der Waals surface area contributed by atoms with Gasteiger partial charge in [0.2, 0.25) is 0 Å². The van der Waals surface area contributed by atoms with E-state index in [4.69, 9.17) is 35.4 Å². The number of aromatic amines is 1. The van der Waals surface area contributed by atoms with Gasteiger partial charge in [-0.15, -0.1) is 0 Å². The number of nitrogens with one attached hydrogen (secondary N) is 1. The summed E-state index contributed by atoms with van der Waals surface area (Å²) >= 11 is 17.4. The lowest BCUT2D eigenvalue weighted by molar-refractivity contribution is 0.735. The van der Waals surface area contributed by atoms with Crippen molar-refractivity contribution in [2.75, 3.05) is 0 Å². The monoisotopic (exact) mass is 285 g/mol. The maximum atomic E-state index is 6.20. The first-order valence-corrected chi connectivity index (χ1v) is 6.46. The zero-order valence-corrected chi connectivity index (χ0v) is 11.1. The van der Waals surface area contributed by atoms with Crippen LogP contribution in [0.1, 0.15) is 18.9 Å². The molecule has 1 heterocycles. The molecule has 0 radical (unpaired) electrons. The molecule has 2 aromatic rings. The van der Waals surface area contributed by atoms with E-state index in [-0.39, 0.29) is 0 Å². The Bertz CT molecular complexity index is 628. The van der Waals surface area contributed by atoms with E-state index in [2.05, 4.69) is 10.2 Å². The molecule has 1 saturated carbocycles. The summed E-state index contributed by atoms with van der Waals surface area (Å²) in [4.78, 5) is 0. The third-order valence-electron chi connectivity index (χ3n) is 2.81. The Morgan fingerprint density at radius 3 is 2.82 bits per heavy atom. The van der Waals surface area contributed by atoms with Crippen molar-refractivity contribution in [1.29, 1.82) is 0 Å². The number of nitrogens with zero attached hydrogens (tertiary/aromatic N) is 2. The van der Waals surface area contributed by atoms with E-state index in [9.17, 15) is 0 Å². The smallest absolute Gasteiger partial charge is 0.195 e. The van der Waals surface area contributed by atoms with Crippen LogP contribution in [0.3, 0.4) is 0 Å². The molecular formula is C11H9Cl2N3S. The summed E-state index contributed by atoms with van der Waals surface area (Å²) < 4.78 is 2.66. The number of halogens is 2. The Morgan fingerprint density at radius 2 is 2.12 bits per heavy atom. The summed E-state index contributed by atoms with van der Waals surface area (Å²) in [5, 5.41) is 8.12. The zero-order chi connectivity index (χ0) is 12.0. The number of aromatic nitrogens is 3. The van der Waals surface area contributed by atoms with Gasteiger partial charge in [-0.2, -0.15) is 5.10 Å². The maximum absolute atomic E-state index is 6.20. The van der Waals surface area contributed by atoms with Crippen molar-refractivity contribution in [3.63, 3.8) is 0 Å². The predicted octanol–water partition coefficient (Wildman–Crippen LogP) is 4.25. The number of rotatable bonds is 2. The van der Waals surface area contributed by atoms with Crippen LogP contribution in [0, 0.1) is 4.77 Å². The lowest BCUT2D eigenvalue weighted by atomic mass is 10.2. The van der Waals surface area contributed by atoms with Gasteiger partial charge >= 0.3 is 0 Å². The van der Waals surface area contributed by atoms with Gasteiger partial charge in [-0.1, -0.05) is 29.3 Å². The SMILES string of the molecule is S=c1[nH]nc(-c2cccc(Cl)c2Cl)n1C1CC1. The first kappa shape index (κ1) is 11.3. The number of hydrogen-bond donors (Lipinski definition) is 1. The van der Waals surface area contributed by atoms with Gasteiger partial charge in [-0.3, -0.25) is 9.67 Å². The second-order valence-electron chi connectivity index (χ2n) is 4.05. The van der Waals surface area contributed by atoms with Crippen LogP contribution in [0.2, 0.25) is 10.0 Å². The highest BCUT2D eigenvalue weighted by molar-refractivity contribution is 7.71. The molecule has 1 fully saturated rings. The van der Waals surface area contributed by atoms with Crippen molar-refractivity contribution in [3.8, 4) is 11.4 Å². The fraction of sp³-hybridized carbons (Fsp3) is 0.273. The first-order valence-electron chi connectivity index (χ1n) is 5.30. The van der Waals surface area contributed by atoms with Crippen molar-refractivity contribution in [1.82, 2.24) is 14.8 Å². The van der Waals surface area contributed by atoms with Gasteiger partial charge in [0.1, 0.15) is 0 Å². The minimum absolute atomic E-state index is 0.450. The van der Waals surface area contributed by atoms with E-state index in [0.717, 1.165) is 24.2 Å². The minimum Gasteiger partial charge on any atom is -0.297 e. The number of benzene rings is 1. The fourth-order valence-electron chi connectivity index (χ4n) is 1.84. The molecule has 3 nitrogen and oxygen atoms in total. The van der Waals surface area contributed by atoms with Crippen LogP contribution in [0.15, 0.2) is 18.2 Å². The Morgan fingerprint density at radius 1 is 1.35 bits per heavy atom. The third-order valence-corrected chi connectivity index (χ3v) is 3.92. The van der Waals surface area contributed by atoms with Gasteiger partial charge in [0.25, 0.3) is 0 Å². The van der Waals surface area contributed by atoms with Crippen molar-refractivity contribution < 1.29 is 0 Å². The molecule has 0 bridgehead atoms. The van der Waals surface area contributed by atoms with Crippen molar-refractivity contribution in [2.45, 2.75) is 18.9 Å². The van der Waals surface area contributed by atoms with Crippen LogP contribution in [-0.2, 0) is 0 Å². The Balaban J connectivity index is 2.21. The molecule has 1 aliphatic carbocycles. The quantitative estimate of drug-likeness (QED) is 0.837. The normalized spacial score (nSPS) is 15.2. The van der Waals surface area contributed by atoms with Gasteiger partial charge in [-0.05, 0) is 37.2 Å². The minimum atomic E-state index is 0.450. The molecule has 88 valence electrons. The average Bonchev–Trinajstić information content (AvgIpc) is 3.07. The Hall–Kier alpha value is -0.840. The molecule has 0 atom stereocenters. The van der Waals surface area contributed by atoms with Gasteiger partial charge in [0.05, 0.1) is 10.0 Å². The van der Waals surface area contributed by atoms with Gasteiger partial charge in [0, 0.05) is 11.6 Å². The van der Waals surface area contributed by atoms with E-state index in [1.165, 1.54) is 0 Å². The Kier molecular flexibility index (Phi) is 2.73.